The predicted octanol–water partition coefficient (Wildman–Crippen LogP) is 3.55. The number of hydrogen-bond donors (Lipinski definition) is 1. The summed E-state index contributed by atoms with van der Waals surface area (Å²) in [5, 5.41) is 10.6. The first-order valence-corrected chi connectivity index (χ1v) is 10.2. The number of carbonyl (C=O) groups is 2. The second kappa shape index (κ2) is 9.38. The van der Waals surface area contributed by atoms with Crippen molar-refractivity contribution in [2.24, 2.45) is 0 Å². The normalized spacial score (nSPS) is 16.3. The highest BCUT2D eigenvalue weighted by molar-refractivity contribution is 6.14. The van der Waals surface area contributed by atoms with Crippen LogP contribution in [-0.4, -0.2) is 44.9 Å². The molecule has 32 heavy (non-hydrogen) atoms. The van der Waals surface area contributed by atoms with Gasteiger partial charge in [-0.15, -0.1) is 0 Å². The molecule has 0 saturated carbocycles. The lowest BCUT2D eigenvalue weighted by molar-refractivity contribution is -0.129. The topological polar surface area (TPSA) is 97.8 Å². The molecule has 1 amide bonds. The van der Waals surface area contributed by atoms with Gasteiger partial charge in [-0.1, -0.05) is 12.1 Å². The largest absolute Gasteiger partial charge is 0.503 e. The number of rotatable bonds is 9. The quantitative estimate of drug-likeness (QED) is 0.518. The Labute approximate surface area is 185 Å². The fourth-order valence-corrected chi connectivity index (χ4v) is 3.75. The number of allylic oxidation sites excluding steroid dienone is 1. The Hall–Kier alpha value is -4.07. The Kier molecular flexibility index (Phi) is 6.21. The second-order valence-corrected chi connectivity index (χ2v) is 7.30. The van der Waals surface area contributed by atoms with Crippen LogP contribution in [0.5, 0.6) is 5.75 Å². The number of aromatic nitrogens is 2. The lowest BCUT2D eigenvalue weighted by atomic mass is 9.95. The van der Waals surface area contributed by atoms with Gasteiger partial charge < -0.3 is 23.7 Å². The zero-order valence-electron chi connectivity index (χ0n) is 17.5. The van der Waals surface area contributed by atoms with E-state index in [-0.39, 0.29) is 5.57 Å². The van der Waals surface area contributed by atoms with Crippen LogP contribution in [0.15, 0.2) is 83.2 Å². The molecule has 1 aliphatic rings. The van der Waals surface area contributed by atoms with Gasteiger partial charge in [0.2, 0.25) is 0 Å². The molecule has 1 aromatic carbocycles. The van der Waals surface area contributed by atoms with Gasteiger partial charge in [-0.2, -0.15) is 0 Å². The SMILES string of the molecule is COc1ccc(C2C(C(=O)/C=C/c3ccco3)=C(O)C(=O)N2CCCn2ccnc2)cc1. The van der Waals surface area contributed by atoms with Gasteiger partial charge in [0.15, 0.2) is 11.5 Å². The molecule has 0 fully saturated rings. The summed E-state index contributed by atoms with van der Waals surface area (Å²) < 4.78 is 12.4. The lowest BCUT2D eigenvalue weighted by Crippen LogP contribution is -2.32. The highest BCUT2D eigenvalue weighted by Crippen LogP contribution is 2.38. The molecule has 0 aliphatic carbocycles. The fourth-order valence-electron chi connectivity index (χ4n) is 3.75. The molecule has 3 aromatic rings. The Morgan fingerprint density at radius 3 is 2.72 bits per heavy atom. The molecule has 0 saturated heterocycles. The Morgan fingerprint density at radius 1 is 1.25 bits per heavy atom. The minimum atomic E-state index is -0.704. The zero-order chi connectivity index (χ0) is 22.5. The van der Waals surface area contributed by atoms with Crippen LogP contribution >= 0.6 is 0 Å². The first-order chi connectivity index (χ1) is 15.6. The van der Waals surface area contributed by atoms with Gasteiger partial charge >= 0.3 is 0 Å². The highest BCUT2D eigenvalue weighted by atomic mass is 16.5. The molecule has 0 radical (unpaired) electrons. The molecule has 8 nitrogen and oxygen atoms in total. The van der Waals surface area contributed by atoms with Gasteiger partial charge in [-0.05, 0) is 48.4 Å². The summed E-state index contributed by atoms with van der Waals surface area (Å²) in [6.07, 6.45) is 10.2. The van der Waals surface area contributed by atoms with Gasteiger partial charge in [0, 0.05) is 25.5 Å². The molecule has 8 heteroatoms. The molecule has 1 unspecified atom stereocenters. The van der Waals surface area contributed by atoms with Crippen molar-refractivity contribution in [1.29, 1.82) is 0 Å². The number of carbonyl (C=O) groups excluding carboxylic acids is 2. The van der Waals surface area contributed by atoms with E-state index in [1.807, 2.05) is 10.8 Å². The Bertz CT molecular complexity index is 1130. The van der Waals surface area contributed by atoms with E-state index < -0.39 is 23.5 Å². The maximum atomic E-state index is 13.0. The molecule has 4 rings (SSSR count). The summed E-state index contributed by atoms with van der Waals surface area (Å²) >= 11 is 0. The predicted molar refractivity (Wildman–Crippen MR) is 117 cm³/mol. The Balaban J connectivity index is 1.62. The van der Waals surface area contributed by atoms with Gasteiger partial charge in [-0.25, -0.2) is 4.98 Å². The average molecular weight is 433 g/mol. The molecule has 1 N–H and O–H groups in total. The second-order valence-electron chi connectivity index (χ2n) is 7.30. The summed E-state index contributed by atoms with van der Waals surface area (Å²) in [7, 11) is 1.57. The van der Waals surface area contributed by atoms with E-state index in [2.05, 4.69) is 4.98 Å². The van der Waals surface area contributed by atoms with Crippen LogP contribution in [0.4, 0.5) is 0 Å². The summed E-state index contributed by atoms with van der Waals surface area (Å²) in [5.74, 6) is -0.386. The van der Waals surface area contributed by atoms with Gasteiger partial charge in [0.25, 0.3) is 5.91 Å². The van der Waals surface area contributed by atoms with Crippen LogP contribution in [0.2, 0.25) is 0 Å². The third-order valence-electron chi connectivity index (χ3n) is 5.32. The first kappa shape index (κ1) is 21.2. The Morgan fingerprint density at radius 2 is 2.06 bits per heavy atom. The van der Waals surface area contributed by atoms with Crippen LogP contribution in [0.25, 0.3) is 6.08 Å². The number of imidazole rings is 1. The van der Waals surface area contributed by atoms with Crippen molar-refractivity contribution in [1.82, 2.24) is 14.5 Å². The van der Waals surface area contributed by atoms with Gasteiger partial charge in [0.1, 0.15) is 11.5 Å². The van der Waals surface area contributed by atoms with Crippen LogP contribution < -0.4 is 4.74 Å². The third-order valence-corrected chi connectivity index (χ3v) is 5.32. The van der Waals surface area contributed by atoms with E-state index in [0.29, 0.717) is 36.6 Å². The molecule has 3 heterocycles. The standard InChI is InChI=1S/C24H23N3O5/c1-31-18-7-5-17(6-8-18)22-21(20(28)10-9-19-4-2-15-32-19)23(29)24(30)27(22)13-3-12-26-14-11-25-16-26/h2,4-11,14-16,22,29H,3,12-13H2,1H3/b10-9+. The summed E-state index contributed by atoms with van der Waals surface area (Å²) in [5.41, 5.74) is 0.756. The van der Waals surface area contributed by atoms with E-state index in [4.69, 9.17) is 9.15 Å². The average Bonchev–Trinajstić information content (AvgIpc) is 3.56. The number of amides is 1. The third kappa shape index (κ3) is 4.34. The minimum absolute atomic E-state index is 0.0469. The van der Waals surface area contributed by atoms with E-state index in [0.717, 1.165) is 0 Å². The van der Waals surface area contributed by atoms with Crippen molar-refractivity contribution in [3.05, 3.63) is 90.1 Å². The van der Waals surface area contributed by atoms with Crippen molar-refractivity contribution in [2.45, 2.75) is 19.0 Å². The molecule has 0 spiro atoms. The van der Waals surface area contributed by atoms with Crippen molar-refractivity contribution in [2.75, 3.05) is 13.7 Å². The summed E-state index contributed by atoms with van der Waals surface area (Å²) in [6, 6.07) is 9.83. The fraction of sp³-hybridized carbons (Fsp3) is 0.208. The maximum Gasteiger partial charge on any atom is 0.290 e. The molecule has 1 atom stereocenters. The number of aryl methyl sites for hydroxylation is 1. The van der Waals surface area contributed by atoms with Crippen molar-refractivity contribution in [3.8, 4) is 5.75 Å². The zero-order valence-corrected chi connectivity index (χ0v) is 17.5. The number of ether oxygens (including phenoxy) is 1. The molecular formula is C24H23N3O5. The minimum Gasteiger partial charge on any atom is -0.503 e. The van der Waals surface area contributed by atoms with E-state index in [1.54, 1.807) is 56.0 Å². The van der Waals surface area contributed by atoms with E-state index in [9.17, 15) is 14.7 Å². The maximum absolute atomic E-state index is 13.0. The first-order valence-electron chi connectivity index (χ1n) is 10.2. The number of aliphatic hydroxyl groups excluding tert-OH is 1. The molecule has 164 valence electrons. The number of hydrogen-bond acceptors (Lipinski definition) is 6. The van der Waals surface area contributed by atoms with Crippen LogP contribution in [0, 0.1) is 0 Å². The number of nitrogens with zero attached hydrogens (tertiary/aromatic N) is 3. The number of ketones is 1. The smallest absolute Gasteiger partial charge is 0.290 e. The number of methoxy groups -OCH3 is 1. The number of aliphatic hydroxyl groups is 1. The van der Waals surface area contributed by atoms with Gasteiger partial charge in [-0.3, -0.25) is 9.59 Å². The van der Waals surface area contributed by atoms with Crippen LogP contribution in [0.3, 0.4) is 0 Å². The molecule has 0 bridgehead atoms. The van der Waals surface area contributed by atoms with E-state index >= 15 is 0 Å². The van der Waals surface area contributed by atoms with Gasteiger partial charge in [0.05, 0.1) is 31.3 Å². The molecule has 2 aromatic heterocycles. The molecular weight excluding hydrogens is 410 g/mol. The molecule has 1 aliphatic heterocycles. The number of benzene rings is 1. The van der Waals surface area contributed by atoms with Crippen molar-refractivity contribution < 1.29 is 23.8 Å². The van der Waals surface area contributed by atoms with Crippen molar-refractivity contribution in [3.63, 3.8) is 0 Å². The summed E-state index contributed by atoms with van der Waals surface area (Å²) in [6.45, 7) is 1.01. The van der Waals surface area contributed by atoms with Crippen molar-refractivity contribution >= 4 is 17.8 Å². The summed E-state index contributed by atoms with van der Waals surface area (Å²) in [4.78, 5) is 31.5. The lowest BCUT2D eigenvalue weighted by Gasteiger charge is -2.26. The van der Waals surface area contributed by atoms with Crippen LogP contribution in [0.1, 0.15) is 23.8 Å². The number of furan rings is 1. The monoisotopic (exact) mass is 433 g/mol. The van der Waals surface area contributed by atoms with Crippen LogP contribution in [-0.2, 0) is 16.1 Å². The van der Waals surface area contributed by atoms with E-state index in [1.165, 1.54) is 23.3 Å². The highest BCUT2D eigenvalue weighted by Gasteiger charge is 2.42.